The minimum absolute atomic E-state index is 0.174. The molecular weight excluding hydrogens is 236 g/mol. The molecule has 3 aromatic rings. The summed E-state index contributed by atoms with van der Waals surface area (Å²) in [5, 5.41) is 0. The maximum atomic E-state index is 5.93. The third kappa shape index (κ3) is 2.08. The molecule has 0 amide bonds. The zero-order valence-electron chi connectivity index (χ0n) is 10.8. The van der Waals surface area contributed by atoms with Crippen LogP contribution in [-0.4, -0.2) is 4.98 Å². The van der Waals surface area contributed by atoms with Gasteiger partial charge >= 0.3 is 0 Å². The molecule has 1 atom stereocenters. The van der Waals surface area contributed by atoms with Gasteiger partial charge in [-0.15, -0.1) is 0 Å². The molecule has 0 bridgehead atoms. The quantitative estimate of drug-likeness (QED) is 0.718. The molecule has 1 aromatic heterocycles. The molecule has 0 saturated carbocycles. The number of aromatic nitrogens is 1. The normalized spacial score (nSPS) is 12.7. The first-order valence-corrected chi connectivity index (χ1v) is 6.49. The second kappa shape index (κ2) is 4.76. The third-order valence-corrected chi connectivity index (χ3v) is 3.38. The summed E-state index contributed by atoms with van der Waals surface area (Å²) < 4.78 is 5.87. The lowest BCUT2D eigenvalue weighted by atomic mass is 9.97. The van der Waals surface area contributed by atoms with Gasteiger partial charge < -0.3 is 10.2 Å². The topological polar surface area (TPSA) is 52.0 Å². The van der Waals surface area contributed by atoms with E-state index < -0.39 is 0 Å². The zero-order valence-corrected chi connectivity index (χ0v) is 10.8. The number of nitrogens with two attached hydrogens (primary N) is 1. The number of hydrogen-bond donors (Lipinski definition) is 1. The van der Waals surface area contributed by atoms with Crippen LogP contribution in [0.4, 0.5) is 5.69 Å². The number of nitrogen functional groups attached to an aromatic ring is 1. The Morgan fingerprint density at radius 3 is 2.58 bits per heavy atom. The maximum Gasteiger partial charge on any atom is 0.203 e. The van der Waals surface area contributed by atoms with E-state index in [2.05, 4.69) is 24.0 Å². The number of rotatable bonds is 3. The predicted octanol–water partition coefficient (Wildman–Crippen LogP) is 3.95. The van der Waals surface area contributed by atoms with Crippen LogP contribution in [-0.2, 0) is 0 Å². The van der Waals surface area contributed by atoms with E-state index in [1.807, 2.05) is 36.4 Å². The molecule has 0 radical (unpaired) electrons. The first-order valence-electron chi connectivity index (χ1n) is 6.49. The van der Waals surface area contributed by atoms with Crippen molar-refractivity contribution in [3.05, 3.63) is 60.0 Å². The lowest BCUT2D eigenvalue weighted by molar-refractivity contribution is 0.493. The van der Waals surface area contributed by atoms with Crippen molar-refractivity contribution in [2.45, 2.75) is 19.3 Å². The predicted molar refractivity (Wildman–Crippen MR) is 77.0 cm³/mol. The lowest BCUT2D eigenvalue weighted by Crippen LogP contribution is -1.99. The Hall–Kier alpha value is -2.29. The molecule has 3 heteroatoms. The number of fused-ring (bicyclic) bond motifs is 1. The smallest absolute Gasteiger partial charge is 0.203 e. The Bertz CT molecular complexity index is 688. The second-order valence-electron chi connectivity index (χ2n) is 4.62. The molecule has 0 aliphatic carbocycles. The molecule has 19 heavy (non-hydrogen) atoms. The molecule has 3 rings (SSSR count). The van der Waals surface area contributed by atoms with Crippen molar-refractivity contribution in [3.8, 4) is 0 Å². The van der Waals surface area contributed by atoms with Gasteiger partial charge in [-0.1, -0.05) is 43.3 Å². The SMILES string of the molecule is CCC(c1ccccc1)c1nc2c(N)cccc2o1. The van der Waals surface area contributed by atoms with E-state index in [-0.39, 0.29) is 5.92 Å². The van der Waals surface area contributed by atoms with E-state index in [0.29, 0.717) is 5.69 Å². The highest BCUT2D eigenvalue weighted by molar-refractivity contribution is 5.85. The van der Waals surface area contributed by atoms with Gasteiger partial charge in [-0.05, 0) is 24.1 Å². The highest BCUT2D eigenvalue weighted by Crippen LogP contribution is 2.31. The molecule has 3 nitrogen and oxygen atoms in total. The molecule has 0 spiro atoms. The van der Waals surface area contributed by atoms with Gasteiger partial charge in [0.25, 0.3) is 0 Å². The summed E-state index contributed by atoms with van der Waals surface area (Å²) in [7, 11) is 0. The van der Waals surface area contributed by atoms with E-state index in [9.17, 15) is 0 Å². The molecule has 96 valence electrons. The molecule has 2 aromatic carbocycles. The Morgan fingerprint density at radius 1 is 1.11 bits per heavy atom. The van der Waals surface area contributed by atoms with Crippen LogP contribution >= 0.6 is 0 Å². The summed E-state index contributed by atoms with van der Waals surface area (Å²) in [6.45, 7) is 2.13. The van der Waals surface area contributed by atoms with Gasteiger partial charge in [0.15, 0.2) is 5.58 Å². The molecule has 1 unspecified atom stereocenters. The summed E-state index contributed by atoms with van der Waals surface area (Å²) in [5.74, 6) is 0.912. The largest absolute Gasteiger partial charge is 0.440 e. The first kappa shape index (κ1) is 11.8. The van der Waals surface area contributed by atoms with Crippen molar-refractivity contribution in [2.24, 2.45) is 0 Å². The van der Waals surface area contributed by atoms with Crippen molar-refractivity contribution in [3.63, 3.8) is 0 Å². The molecule has 0 fully saturated rings. The van der Waals surface area contributed by atoms with Crippen LogP contribution in [0, 0.1) is 0 Å². The third-order valence-electron chi connectivity index (χ3n) is 3.38. The van der Waals surface area contributed by atoms with E-state index in [1.54, 1.807) is 0 Å². The van der Waals surface area contributed by atoms with Gasteiger partial charge in [0.2, 0.25) is 5.89 Å². The summed E-state index contributed by atoms with van der Waals surface area (Å²) in [5.41, 5.74) is 9.32. The van der Waals surface area contributed by atoms with Crippen molar-refractivity contribution in [1.82, 2.24) is 4.98 Å². The van der Waals surface area contributed by atoms with Gasteiger partial charge in [0.05, 0.1) is 11.6 Å². The van der Waals surface area contributed by atoms with Crippen LogP contribution in [0.5, 0.6) is 0 Å². The lowest BCUT2D eigenvalue weighted by Gasteiger charge is -2.10. The Morgan fingerprint density at radius 2 is 1.89 bits per heavy atom. The van der Waals surface area contributed by atoms with E-state index in [0.717, 1.165) is 23.4 Å². The molecule has 2 N–H and O–H groups in total. The Balaban J connectivity index is 2.09. The summed E-state index contributed by atoms with van der Waals surface area (Å²) >= 11 is 0. The van der Waals surface area contributed by atoms with Crippen LogP contribution in [0.2, 0.25) is 0 Å². The number of para-hydroxylation sites is 1. The number of oxazole rings is 1. The van der Waals surface area contributed by atoms with Gasteiger partial charge in [-0.2, -0.15) is 0 Å². The maximum absolute atomic E-state index is 5.93. The van der Waals surface area contributed by atoms with Crippen LogP contribution in [0.15, 0.2) is 52.9 Å². The van der Waals surface area contributed by atoms with Crippen molar-refractivity contribution in [2.75, 3.05) is 5.73 Å². The molecule has 0 saturated heterocycles. The van der Waals surface area contributed by atoms with Crippen molar-refractivity contribution >= 4 is 16.8 Å². The number of benzene rings is 2. The number of hydrogen-bond acceptors (Lipinski definition) is 3. The standard InChI is InChI=1S/C16H16N2O/c1-2-12(11-7-4-3-5-8-11)16-18-15-13(17)9-6-10-14(15)19-16/h3-10,12H,2,17H2,1H3. The number of nitrogens with zero attached hydrogens (tertiary/aromatic N) is 1. The van der Waals surface area contributed by atoms with E-state index in [1.165, 1.54) is 5.56 Å². The summed E-state index contributed by atoms with van der Waals surface area (Å²) in [4.78, 5) is 4.57. The molecule has 0 aliphatic rings. The molecule has 1 heterocycles. The van der Waals surface area contributed by atoms with Gasteiger partial charge in [-0.3, -0.25) is 0 Å². The molecular formula is C16H16N2O. The highest BCUT2D eigenvalue weighted by Gasteiger charge is 2.19. The van der Waals surface area contributed by atoms with E-state index in [4.69, 9.17) is 10.2 Å². The van der Waals surface area contributed by atoms with Crippen molar-refractivity contribution in [1.29, 1.82) is 0 Å². The summed E-state index contributed by atoms with van der Waals surface area (Å²) in [6.07, 6.45) is 0.941. The highest BCUT2D eigenvalue weighted by atomic mass is 16.3. The van der Waals surface area contributed by atoms with E-state index >= 15 is 0 Å². The minimum atomic E-state index is 0.174. The first-order chi connectivity index (χ1) is 9.29. The molecule has 0 aliphatic heterocycles. The average molecular weight is 252 g/mol. The van der Waals surface area contributed by atoms with Gasteiger partial charge in [0.1, 0.15) is 5.52 Å². The van der Waals surface area contributed by atoms with Crippen LogP contribution in [0.25, 0.3) is 11.1 Å². The van der Waals surface area contributed by atoms with Crippen LogP contribution in [0.1, 0.15) is 30.7 Å². The van der Waals surface area contributed by atoms with Crippen LogP contribution in [0.3, 0.4) is 0 Å². The zero-order chi connectivity index (χ0) is 13.2. The fourth-order valence-electron chi connectivity index (χ4n) is 2.37. The minimum Gasteiger partial charge on any atom is -0.440 e. The summed E-state index contributed by atoms with van der Waals surface area (Å²) in [6, 6.07) is 15.9. The fraction of sp³-hybridized carbons (Fsp3) is 0.188. The Kier molecular flexibility index (Phi) is 2.95. The van der Waals surface area contributed by atoms with Crippen molar-refractivity contribution < 1.29 is 4.42 Å². The fourth-order valence-corrected chi connectivity index (χ4v) is 2.37. The van der Waals surface area contributed by atoms with Gasteiger partial charge in [0, 0.05) is 0 Å². The average Bonchev–Trinajstić information content (AvgIpc) is 2.86. The van der Waals surface area contributed by atoms with Gasteiger partial charge in [-0.25, -0.2) is 4.98 Å². The monoisotopic (exact) mass is 252 g/mol. The van der Waals surface area contributed by atoms with Crippen LogP contribution < -0.4 is 5.73 Å². The second-order valence-corrected chi connectivity index (χ2v) is 4.62. The Labute approximate surface area is 112 Å². The number of anilines is 1.